The molecule has 27 heavy (non-hydrogen) atoms. The summed E-state index contributed by atoms with van der Waals surface area (Å²) in [5, 5.41) is 21.1. The summed E-state index contributed by atoms with van der Waals surface area (Å²) in [6, 6.07) is 17.3. The summed E-state index contributed by atoms with van der Waals surface area (Å²) >= 11 is 0. The van der Waals surface area contributed by atoms with E-state index in [0.717, 1.165) is 22.4 Å². The molecular formula is C22H16F2N2O. The first-order valence-corrected chi connectivity index (χ1v) is 8.39. The van der Waals surface area contributed by atoms with Gasteiger partial charge in [0.15, 0.2) is 17.4 Å². The predicted molar refractivity (Wildman–Crippen MR) is 103 cm³/mol. The molecule has 0 aliphatic carbocycles. The number of hydrogen-bond donors (Lipinski definition) is 2. The van der Waals surface area contributed by atoms with E-state index in [1.807, 2.05) is 42.5 Å². The van der Waals surface area contributed by atoms with Gasteiger partial charge in [-0.25, -0.2) is 8.78 Å². The zero-order valence-corrected chi connectivity index (χ0v) is 14.5. The van der Waals surface area contributed by atoms with Crippen molar-refractivity contribution >= 4 is 28.3 Å². The highest BCUT2D eigenvalue weighted by Gasteiger charge is 2.32. The van der Waals surface area contributed by atoms with E-state index in [-0.39, 0.29) is 22.7 Å². The second-order valence-corrected chi connectivity index (χ2v) is 6.33. The second-order valence-electron chi connectivity index (χ2n) is 6.33. The maximum absolute atomic E-state index is 14.2. The van der Waals surface area contributed by atoms with Crippen molar-refractivity contribution in [3.8, 4) is 0 Å². The Labute approximate surface area is 155 Å². The van der Waals surface area contributed by atoms with Gasteiger partial charge < -0.3 is 10.0 Å². The standard InChI is InChI=1S/C22H16F2N2O/c1-26-18(12-14-8-4-7-13-6-2-3-9-15(13)14)21(27)19(22(26)25)16-10-5-11-17(23)20(16)24/h2-12,25,27H,1H3. The van der Waals surface area contributed by atoms with E-state index in [1.54, 1.807) is 13.1 Å². The summed E-state index contributed by atoms with van der Waals surface area (Å²) < 4.78 is 27.9. The minimum absolute atomic E-state index is 0.0269. The van der Waals surface area contributed by atoms with Crippen LogP contribution in [0.3, 0.4) is 0 Å². The van der Waals surface area contributed by atoms with Gasteiger partial charge in [0.05, 0.1) is 11.3 Å². The lowest BCUT2D eigenvalue weighted by Crippen LogP contribution is -2.20. The fourth-order valence-electron chi connectivity index (χ4n) is 3.33. The number of nitrogens with zero attached hydrogens (tertiary/aromatic N) is 1. The molecule has 0 atom stereocenters. The normalized spacial score (nSPS) is 16.0. The monoisotopic (exact) mass is 362 g/mol. The Bertz CT molecular complexity index is 1140. The number of nitrogens with one attached hydrogen (secondary N) is 1. The summed E-state index contributed by atoms with van der Waals surface area (Å²) in [5.74, 6) is -2.44. The first-order chi connectivity index (χ1) is 13.0. The third-order valence-corrected chi connectivity index (χ3v) is 4.75. The Hall–Kier alpha value is -3.47. The van der Waals surface area contributed by atoms with Crippen LogP contribution < -0.4 is 0 Å². The van der Waals surface area contributed by atoms with Crippen LogP contribution in [0.4, 0.5) is 8.78 Å². The molecule has 3 nitrogen and oxygen atoms in total. The number of rotatable bonds is 2. The second kappa shape index (κ2) is 6.36. The van der Waals surface area contributed by atoms with Crippen LogP contribution in [0.2, 0.25) is 0 Å². The average Bonchev–Trinajstić information content (AvgIpc) is 2.88. The molecule has 1 aliphatic heterocycles. The van der Waals surface area contributed by atoms with Crippen LogP contribution in [-0.2, 0) is 0 Å². The molecule has 0 fully saturated rings. The van der Waals surface area contributed by atoms with E-state index in [9.17, 15) is 13.9 Å². The highest BCUT2D eigenvalue weighted by Crippen LogP contribution is 2.36. The van der Waals surface area contributed by atoms with Gasteiger partial charge in [0.25, 0.3) is 0 Å². The molecule has 134 valence electrons. The van der Waals surface area contributed by atoms with Crippen LogP contribution in [0.25, 0.3) is 22.4 Å². The number of benzene rings is 3. The van der Waals surface area contributed by atoms with Gasteiger partial charge >= 0.3 is 0 Å². The molecule has 0 saturated heterocycles. The van der Waals surface area contributed by atoms with Crippen molar-refractivity contribution in [2.75, 3.05) is 7.05 Å². The largest absolute Gasteiger partial charge is 0.505 e. The van der Waals surface area contributed by atoms with Gasteiger partial charge in [0.2, 0.25) is 0 Å². The van der Waals surface area contributed by atoms with E-state index < -0.39 is 11.6 Å². The molecule has 0 radical (unpaired) electrons. The van der Waals surface area contributed by atoms with Crippen LogP contribution in [0.1, 0.15) is 11.1 Å². The SMILES string of the molecule is CN1C(=N)C(c2cccc(F)c2F)=C(O)C1=Cc1cccc2ccccc12. The number of amidine groups is 1. The Morgan fingerprint density at radius 3 is 2.48 bits per heavy atom. The van der Waals surface area contributed by atoms with Crippen LogP contribution in [0.5, 0.6) is 0 Å². The maximum atomic E-state index is 14.2. The van der Waals surface area contributed by atoms with Crippen LogP contribution in [0, 0.1) is 17.0 Å². The molecule has 0 amide bonds. The van der Waals surface area contributed by atoms with Crippen molar-refractivity contribution in [2.45, 2.75) is 0 Å². The minimum Gasteiger partial charge on any atom is -0.505 e. The summed E-state index contributed by atoms with van der Waals surface area (Å²) in [6.07, 6.45) is 1.75. The molecule has 5 heteroatoms. The van der Waals surface area contributed by atoms with Crippen molar-refractivity contribution < 1.29 is 13.9 Å². The smallest absolute Gasteiger partial charge is 0.166 e. The lowest BCUT2D eigenvalue weighted by atomic mass is 10.0. The molecule has 0 unspecified atom stereocenters. The fourth-order valence-corrected chi connectivity index (χ4v) is 3.33. The van der Waals surface area contributed by atoms with Crippen molar-refractivity contribution in [1.29, 1.82) is 5.41 Å². The van der Waals surface area contributed by atoms with Gasteiger partial charge in [-0.1, -0.05) is 54.6 Å². The number of halogens is 2. The number of aliphatic hydroxyl groups is 1. The van der Waals surface area contributed by atoms with Gasteiger partial charge in [0, 0.05) is 12.6 Å². The van der Waals surface area contributed by atoms with Gasteiger partial charge in [-0.2, -0.15) is 0 Å². The molecule has 1 heterocycles. The van der Waals surface area contributed by atoms with Gasteiger partial charge in [-0.3, -0.25) is 5.41 Å². The van der Waals surface area contributed by atoms with E-state index >= 15 is 0 Å². The van der Waals surface area contributed by atoms with Gasteiger partial charge in [0.1, 0.15) is 5.84 Å². The van der Waals surface area contributed by atoms with Crippen molar-refractivity contribution in [2.24, 2.45) is 0 Å². The zero-order chi connectivity index (χ0) is 19.1. The van der Waals surface area contributed by atoms with Crippen molar-refractivity contribution in [3.63, 3.8) is 0 Å². The molecule has 0 saturated carbocycles. The Morgan fingerprint density at radius 2 is 1.67 bits per heavy atom. The molecule has 2 N–H and O–H groups in total. The maximum Gasteiger partial charge on any atom is 0.166 e. The quantitative estimate of drug-likeness (QED) is 0.645. The van der Waals surface area contributed by atoms with E-state index in [1.165, 1.54) is 17.0 Å². The van der Waals surface area contributed by atoms with Crippen LogP contribution in [-0.4, -0.2) is 22.9 Å². The Kier molecular flexibility index (Phi) is 4.00. The van der Waals surface area contributed by atoms with Crippen LogP contribution >= 0.6 is 0 Å². The van der Waals surface area contributed by atoms with E-state index in [0.29, 0.717) is 5.70 Å². The van der Waals surface area contributed by atoms with Gasteiger partial charge in [-0.15, -0.1) is 0 Å². The van der Waals surface area contributed by atoms with Crippen LogP contribution in [0.15, 0.2) is 72.1 Å². The predicted octanol–water partition coefficient (Wildman–Crippen LogP) is 5.35. The minimum atomic E-state index is -1.08. The molecule has 0 aromatic heterocycles. The lowest BCUT2D eigenvalue weighted by molar-refractivity contribution is 0.409. The highest BCUT2D eigenvalue weighted by molar-refractivity contribution is 6.26. The van der Waals surface area contributed by atoms with E-state index in [4.69, 9.17) is 5.41 Å². The molecule has 3 aromatic carbocycles. The molecule has 0 spiro atoms. The average molecular weight is 362 g/mol. The molecule has 3 aromatic rings. The first-order valence-electron chi connectivity index (χ1n) is 8.39. The first kappa shape index (κ1) is 17.0. The summed E-state index contributed by atoms with van der Waals surface area (Å²) in [4.78, 5) is 1.46. The van der Waals surface area contributed by atoms with Crippen molar-refractivity contribution in [1.82, 2.24) is 4.90 Å². The van der Waals surface area contributed by atoms with E-state index in [2.05, 4.69) is 0 Å². The summed E-state index contributed by atoms with van der Waals surface area (Å²) in [7, 11) is 1.61. The topological polar surface area (TPSA) is 47.3 Å². The number of fused-ring (bicyclic) bond motifs is 1. The molecule has 1 aliphatic rings. The lowest BCUT2D eigenvalue weighted by Gasteiger charge is -2.15. The summed E-state index contributed by atoms with van der Waals surface area (Å²) in [6.45, 7) is 0. The number of aliphatic hydroxyl groups excluding tert-OH is 1. The molecule has 4 rings (SSSR count). The molecule has 0 bridgehead atoms. The third-order valence-electron chi connectivity index (χ3n) is 4.75. The molecular weight excluding hydrogens is 346 g/mol. The highest BCUT2D eigenvalue weighted by atomic mass is 19.2. The third kappa shape index (κ3) is 2.68. The number of likely N-dealkylation sites (N-methyl/N-ethyl adjacent to an activating group) is 1. The Balaban J connectivity index is 1.91. The zero-order valence-electron chi connectivity index (χ0n) is 14.5. The fraction of sp³-hybridized carbons (Fsp3) is 0.0455. The van der Waals surface area contributed by atoms with Gasteiger partial charge in [-0.05, 0) is 28.5 Å². The van der Waals surface area contributed by atoms with Crippen molar-refractivity contribution in [3.05, 3.63) is 94.9 Å². The summed E-state index contributed by atoms with van der Waals surface area (Å²) in [5.41, 5.74) is 1.05. The number of hydrogen-bond acceptors (Lipinski definition) is 2. The Morgan fingerprint density at radius 1 is 0.963 bits per heavy atom.